The molecule has 0 radical (unpaired) electrons. The van der Waals surface area contributed by atoms with E-state index in [-0.39, 0.29) is 11.5 Å². The highest BCUT2D eigenvalue weighted by Gasteiger charge is 2.25. The lowest BCUT2D eigenvalue weighted by molar-refractivity contribution is 0.215. The summed E-state index contributed by atoms with van der Waals surface area (Å²) in [5, 5.41) is 1.64. The molecular weight excluding hydrogens is 272 g/mol. The second-order valence-corrected chi connectivity index (χ2v) is 6.94. The van der Waals surface area contributed by atoms with Gasteiger partial charge in [-0.2, -0.15) is 0 Å². The largest absolute Gasteiger partial charge is 0.458 e. The predicted octanol–water partition coefficient (Wildman–Crippen LogP) is 4.66. The van der Waals surface area contributed by atoms with E-state index >= 15 is 0 Å². The molecular formula is C16H23ClN2O. The first-order chi connectivity index (χ1) is 9.32. The standard InChI is InChI=1S/C16H23ClN2O/c1-10(16(2,3)4)8-13(19-18)14-9-11-6-5-7-12(17)15(11)20-14/h5-7,9-10,13,19H,8,18H2,1-4H3. The highest BCUT2D eigenvalue weighted by molar-refractivity contribution is 6.34. The van der Waals surface area contributed by atoms with Crippen LogP contribution in [0.25, 0.3) is 11.0 Å². The minimum Gasteiger partial charge on any atom is -0.458 e. The van der Waals surface area contributed by atoms with Gasteiger partial charge in [-0.1, -0.05) is 51.4 Å². The van der Waals surface area contributed by atoms with Crippen LogP contribution < -0.4 is 11.3 Å². The average molecular weight is 295 g/mol. The average Bonchev–Trinajstić information content (AvgIpc) is 2.79. The molecule has 0 aliphatic carbocycles. The van der Waals surface area contributed by atoms with E-state index in [1.807, 2.05) is 24.3 Å². The van der Waals surface area contributed by atoms with Crippen LogP contribution in [0.2, 0.25) is 5.02 Å². The zero-order valence-corrected chi connectivity index (χ0v) is 13.3. The van der Waals surface area contributed by atoms with Crippen LogP contribution in [0.1, 0.15) is 45.9 Å². The van der Waals surface area contributed by atoms with Gasteiger partial charge in [0.05, 0.1) is 11.1 Å². The lowest BCUT2D eigenvalue weighted by atomic mass is 9.78. The van der Waals surface area contributed by atoms with Crippen molar-refractivity contribution >= 4 is 22.6 Å². The van der Waals surface area contributed by atoms with E-state index in [0.29, 0.717) is 10.9 Å². The van der Waals surface area contributed by atoms with Crippen molar-refractivity contribution in [2.24, 2.45) is 17.2 Å². The van der Waals surface area contributed by atoms with Gasteiger partial charge in [0.1, 0.15) is 5.76 Å². The molecule has 0 amide bonds. The number of halogens is 1. The summed E-state index contributed by atoms with van der Waals surface area (Å²) < 4.78 is 5.89. The van der Waals surface area contributed by atoms with Crippen molar-refractivity contribution in [1.29, 1.82) is 0 Å². The predicted molar refractivity (Wildman–Crippen MR) is 84.5 cm³/mol. The van der Waals surface area contributed by atoms with E-state index in [0.717, 1.165) is 23.2 Å². The van der Waals surface area contributed by atoms with E-state index < -0.39 is 0 Å². The molecule has 2 rings (SSSR count). The van der Waals surface area contributed by atoms with Gasteiger partial charge in [-0.05, 0) is 29.9 Å². The first kappa shape index (κ1) is 15.4. The number of furan rings is 1. The molecule has 0 saturated carbocycles. The van der Waals surface area contributed by atoms with Crippen molar-refractivity contribution in [1.82, 2.24) is 5.43 Å². The summed E-state index contributed by atoms with van der Waals surface area (Å²) in [4.78, 5) is 0. The fraction of sp³-hybridized carbons (Fsp3) is 0.500. The van der Waals surface area contributed by atoms with Crippen molar-refractivity contribution in [2.45, 2.75) is 40.2 Å². The van der Waals surface area contributed by atoms with Crippen LogP contribution in [-0.4, -0.2) is 0 Å². The number of rotatable bonds is 4. The molecule has 110 valence electrons. The van der Waals surface area contributed by atoms with Gasteiger partial charge in [0.2, 0.25) is 0 Å². The highest BCUT2D eigenvalue weighted by atomic mass is 35.5. The smallest absolute Gasteiger partial charge is 0.152 e. The summed E-state index contributed by atoms with van der Waals surface area (Å²) in [6, 6.07) is 7.76. The lowest BCUT2D eigenvalue weighted by Crippen LogP contribution is -2.31. The van der Waals surface area contributed by atoms with Crippen LogP contribution in [0.5, 0.6) is 0 Å². The number of nitrogens with two attached hydrogens (primary N) is 1. The molecule has 2 unspecified atom stereocenters. The second kappa shape index (κ2) is 5.76. The maximum atomic E-state index is 6.15. The molecule has 20 heavy (non-hydrogen) atoms. The Morgan fingerprint density at radius 1 is 1.35 bits per heavy atom. The van der Waals surface area contributed by atoms with Crippen molar-refractivity contribution in [3.63, 3.8) is 0 Å². The Morgan fingerprint density at radius 3 is 2.60 bits per heavy atom. The topological polar surface area (TPSA) is 51.2 Å². The maximum Gasteiger partial charge on any atom is 0.152 e. The molecule has 1 heterocycles. The van der Waals surface area contributed by atoms with E-state index in [2.05, 4.69) is 33.1 Å². The number of nitrogens with one attached hydrogen (secondary N) is 1. The zero-order chi connectivity index (χ0) is 14.9. The van der Waals surface area contributed by atoms with Crippen LogP contribution in [0, 0.1) is 11.3 Å². The Kier molecular flexibility index (Phi) is 4.43. The molecule has 2 atom stereocenters. The van der Waals surface area contributed by atoms with E-state index in [4.69, 9.17) is 21.9 Å². The number of hydrogen-bond acceptors (Lipinski definition) is 3. The molecule has 1 aromatic carbocycles. The Morgan fingerprint density at radius 2 is 2.05 bits per heavy atom. The van der Waals surface area contributed by atoms with Gasteiger partial charge in [0.15, 0.2) is 5.58 Å². The van der Waals surface area contributed by atoms with Gasteiger partial charge >= 0.3 is 0 Å². The van der Waals surface area contributed by atoms with Crippen LogP contribution in [0.4, 0.5) is 0 Å². The van der Waals surface area contributed by atoms with Gasteiger partial charge < -0.3 is 4.42 Å². The third kappa shape index (κ3) is 3.17. The first-order valence-corrected chi connectivity index (χ1v) is 7.35. The normalized spacial score (nSPS) is 15.5. The monoisotopic (exact) mass is 294 g/mol. The molecule has 4 heteroatoms. The minimum atomic E-state index is -0.00677. The van der Waals surface area contributed by atoms with E-state index in [1.165, 1.54) is 0 Å². The van der Waals surface area contributed by atoms with Gasteiger partial charge in [-0.25, -0.2) is 5.43 Å². The van der Waals surface area contributed by atoms with Gasteiger partial charge in [0, 0.05) is 5.39 Å². The fourth-order valence-corrected chi connectivity index (χ4v) is 2.41. The summed E-state index contributed by atoms with van der Waals surface area (Å²) in [6.45, 7) is 8.95. The Balaban J connectivity index is 2.28. The summed E-state index contributed by atoms with van der Waals surface area (Å²) in [7, 11) is 0. The third-order valence-electron chi connectivity index (χ3n) is 4.13. The minimum absolute atomic E-state index is 0.00677. The molecule has 0 fully saturated rings. The number of benzene rings is 1. The summed E-state index contributed by atoms with van der Waals surface area (Å²) in [6.07, 6.45) is 0.914. The van der Waals surface area contributed by atoms with Crippen molar-refractivity contribution in [3.05, 3.63) is 35.0 Å². The SMILES string of the molecule is CC(CC(NN)c1cc2cccc(Cl)c2o1)C(C)(C)C. The molecule has 2 aromatic rings. The van der Waals surface area contributed by atoms with Crippen molar-refractivity contribution < 1.29 is 4.42 Å². The Hall–Kier alpha value is -1.03. The number of para-hydroxylation sites is 1. The van der Waals surface area contributed by atoms with E-state index in [9.17, 15) is 0 Å². The van der Waals surface area contributed by atoms with Crippen molar-refractivity contribution in [2.75, 3.05) is 0 Å². The molecule has 0 aliphatic heterocycles. The Labute approximate surface area is 125 Å². The van der Waals surface area contributed by atoms with Gasteiger partial charge in [-0.3, -0.25) is 5.84 Å². The van der Waals surface area contributed by atoms with Gasteiger partial charge in [0.25, 0.3) is 0 Å². The molecule has 3 N–H and O–H groups in total. The summed E-state index contributed by atoms with van der Waals surface area (Å²) in [5.41, 5.74) is 3.83. The molecule has 0 bridgehead atoms. The molecule has 0 spiro atoms. The highest BCUT2D eigenvalue weighted by Crippen LogP contribution is 2.35. The second-order valence-electron chi connectivity index (χ2n) is 6.53. The third-order valence-corrected chi connectivity index (χ3v) is 4.43. The van der Waals surface area contributed by atoms with Crippen LogP contribution in [0.3, 0.4) is 0 Å². The number of fused-ring (bicyclic) bond motifs is 1. The fourth-order valence-electron chi connectivity index (χ4n) is 2.19. The molecule has 0 saturated heterocycles. The van der Waals surface area contributed by atoms with Crippen molar-refractivity contribution in [3.8, 4) is 0 Å². The lowest BCUT2D eigenvalue weighted by Gasteiger charge is -2.29. The van der Waals surface area contributed by atoms with E-state index in [1.54, 1.807) is 0 Å². The van der Waals surface area contributed by atoms with Gasteiger partial charge in [-0.15, -0.1) is 0 Å². The maximum absolute atomic E-state index is 6.15. The number of hydrazine groups is 1. The summed E-state index contributed by atoms with van der Waals surface area (Å²) >= 11 is 6.15. The Bertz CT molecular complexity index is 586. The molecule has 0 aliphatic rings. The number of hydrogen-bond donors (Lipinski definition) is 2. The quantitative estimate of drug-likeness (QED) is 0.637. The zero-order valence-electron chi connectivity index (χ0n) is 12.5. The van der Waals surface area contributed by atoms with Crippen LogP contribution >= 0.6 is 11.6 Å². The molecule has 3 nitrogen and oxygen atoms in total. The first-order valence-electron chi connectivity index (χ1n) is 6.97. The van der Waals surface area contributed by atoms with Crippen LogP contribution in [0.15, 0.2) is 28.7 Å². The molecule has 1 aromatic heterocycles. The summed E-state index contributed by atoms with van der Waals surface area (Å²) in [5.74, 6) is 7.06. The van der Waals surface area contributed by atoms with Crippen LogP contribution in [-0.2, 0) is 0 Å².